The van der Waals surface area contributed by atoms with Gasteiger partial charge in [-0.2, -0.15) is 0 Å². The number of halogens is 2. The molecule has 6 rings (SSSR count). The average molecular weight is 687 g/mol. The maximum Gasteiger partial charge on any atom is 0.339 e. The molecule has 0 amide bonds. The Morgan fingerprint density at radius 2 is 0.941 bits per heavy atom. The highest BCUT2D eigenvalue weighted by Crippen LogP contribution is 2.27. The summed E-state index contributed by atoms with van der Waals surface area (Å²) < 4.78 is 31.0. The predicted molar refractivity (Wildman–Crippen MR) is 198 cm³/mol. The minimum atomic E-state index is -1.03. The molecule has 51 heavy (non-hydrogen) atoms. The van der Waals surface area contributed by atoms with Crippen molar-refractivity contribution in [2.45, 2.75) is 13.1 Å². The highest BCUT2D eigenvalue weighted by atomic mass is 19.1. The summed E-state index contributed by atoms with van der Waals surface area (Å²) in [4.78, 5) is 23.5. The van der Waals surface area contributed by atoms with Crippen molar-refractivity contribution in [3.63, 3.8) is 0 Å². The number of carboxylic acids is 1. The molecular weight excluding hydrogens is 650 g/mol. The van der Waals surface area contributed by atoms with Gasteiger partial charge in [0.1, 0.15) is 11.6 Å². The molecule has 0 bridgehead atoms. The molecule has 6 aromatic carbocycles. The van der Waals surface area contributed by atoms with E-state index in [9.17, 15) is 23.5 Å². The van der Waals surface area contributed by atoms with Crippen LogP contribution in [0.1, 0.15) is 31.8 Å². The first-order chi connectivity index (χ1) is 24.8. The van der Waals surface area contributed by atoms with E-state index < -0.39 is 11.9 Å². The number of benzene rings is 6. The van der Waals surface area contributed by atoms with Crippen LogP contribution in [-0.2, 0) is 17.8 Å². The van der Waals surface area contributed by atoms with Gasteiger partial charge in [-0.1, -0.05) is 60.7 Å². The molecule has 10 heteroatoms. The second-order valence-electron chi connectivity index (χ2n) is 11.3. The van der Waals surface area contributed by atoms with Crippen molar-refractivity contribution in [2.75, 3.05) is 28.4 Å². The number of carboxylic acid groups (broad SMARTS) is 1. The van der Waals surface area contributed by atoms with E-state index in [2.05, 4.69) is 21.3 Å². The number of carbonyl (C=O) groups excluding carboxylic acids is 1. The third-order valence-corrected chi connectivity index (χ3v) is 7.60. The molecule has 5 N–H and O–H groups in total. The Kier molecular flexibility index (Phi) is 12.3. The Hall–Kier alpha value is -6.68. The lowest BCUT2D eigenvalue weighted by Gasteiger charge is -2.14. The van der Waals surface area contributed by atoms with Crippen LogP contribution >= 0.6 is 0 Å². The second kappa shape index (κ2) is 17.6. The lowest BCUT2D eigenvalue weighted by molar-refractivity contribution is 0.0601. The summed E-state index contributed by atoms with van der Waals surface area (Å²) in [6, 6.07) is 42.0. The number of esters is 1. The maximum absolute atomic E-state index is 13.1. The number of hydrogen-bond acceptors (Lipinski definition) is 7. The van der Waals surface area contributed by atoms with Crippen molar-refractivity contribution in [1.82, 2.24) is 0 Å². The molecule has 0 saturated heterocycles. The minimum Gasteiger partial charge on any atom is -0.478 e. The lowest BCUT2D eigenvalue weighted by Crippen LogP contribution is -2.07. The van der Waals surface area contributed by atoms with Gasteiger partial charge in [-0.3, -0.25) is 0 Å². The van der Waals surface area contributed by atoms with Crippen LogP contribution in [-0.4, -0.2) is 24.2 Å². The van der Waals surface area contributed by atoms with E-state index in [1.807, 2.05) is 72.8 Å². The fourth-order valence-corrected chi connectivity index (χ4v) is 4.97. The Labute approximate surface area is 294 Å². The largest absolute Gasteiger partial charge is 0.478 e. The fourth-order valence-electron chi connectivity index (χ4n) is 4.97. The van der Waals surface area contributed by atoms with Crippen molar-refractivity contribution in [1.29, 1.82) is 0 Å². The SMILES string of the molecule is COC(=O)c1ccc(NCc2ccccc2)cc1Nc1ccc(F)cc1.O=C(O)c1ccc(NCc2ccccc2)cc1Nc1ccc(F)cc1. The van der Waals surface area contributed by atoms with E-state index in [0.29, 0.717) is 41.4 Å². The first-order valence-corrected chi connectivity index (χ1v) is 16.0. The van der Waals surface area contributed by atoms with E-state index in [0.717, 1.165) is 22.5 Å². The quantitative estimate of drug-likeness (QED) is 0.0810. The molecule has 0 aromatic heterocycles. The molecule has 6 aromatic rings. The molecule has 0 radical (unpaired) electrons. The Balaban J connectivity index is 0.000000198. The van der Waals surface area contributed by atoms with Gasteiger partial charge in [0.15, 0.2) is 0 Å². The molecule has 0 spiro atoms. The Morgan fingerprint density at radius 1 is 0.549 bits per heavy atom. The number of ether oxygens (including phenoxy) is 1. The van der Waals surface area contributed by atoms with E-state index in [4.69, 9.17) is 4.74 Å². The van der Waals surface area contributed by atoms with Crippen molar-refractivity contribution >= 4 is 46.1 Å². The van der Waals surface area contributed by atoms with Gasteiger partial charge < -0.3 is 31.1 Å². The summed E-state index contributed by atoms with van der Waals surface area (Å²) in [6.45, 7) is 1.29. The van der Waals surface area contributed by atoms with Gasteiger partial charge in [0.25, 0.3) is 0 Å². The lowest BCUT2D eigenvalue weighted by atomic mass is 10.1. The summed E-state index contributed by atoms with van der Waals surface area (Å²) in [5.41, 5.74) is 6.79. The molecule has 0 atom stereocenters. The van der Waals surface area contributed by atoms with Crippen molar-refractivity contribution in [3.05, 3.63) is 179 Å². The standard InChI is InChI=1S/C21H19FN2O2.C20H17FN2O2/c1-26-21(25)19-12-11-18(23-14-15-5-3-2-4-6-15)13-20(19)24-17-9-7-16(22)8-10-17;21-15-6-8-16(9-7-15)23-19-12-17(10-11-18(19)20(24)25)22-13-14-4-2-1-3-5-14/h2-13,23-24H,14H2,1H3;1-12,22-23H,13H2,(H,24,25). The first kappa shape index (κ1) is 35.6. The number of nitrogens with one attached hydrogen (secondary N) is 4. The number of aromatic carboxylic acids is 1. The molecule has 258 valence electrons. The summed E-state index contributed by atoms with van der Waals surface area (Å²) in [6.07, 6.45) is 0. The summed E-state index contributed by atoms with van der Waals surface area (Å²) in [5.74, 6) is -2.13. The van der Waals surface area contributed by atoms with Gasteiger partial charge in [0.2, 0.25) is 0 Å². The van der Waals surface area contributed by atoms with Crippen molar-refractivity contribution in [2.24, 2.45) is 0 Å². The normalized spacial score (nSPS) is 10.3. The molecule has 0 aliphatic rings. The van der Waals surface area contributed by atoms with Crippen LogP contribution in [0.5, 0.6) is 0 Å². The number of methoxy groups -OCH3 is 1. The van der Waals surface area contributed by atoms with Gasteiger partial charge >= 0.3 is 11.9 Å². The number of hydrogen-bond donors (Lipinski definition) is 5. The van der Waals surface area contributed by atoms with E-state index in [1.54, 1.807) is 48.5 Å². The predicted octanol–water partition coefficient (Wildman–Crippen LogP) is 9.85. The van der Waals surface area contributed by atoms with Crippen molar-refractivity contribution in [3.8, 4) is 0 Å². The van der Waals surface area contributed by atoms with Crippen LogP contribution in [0.3, 0.4) is 0 Å². The monoisotopic (exact) mass is 686 g/mol. The third-order valence-electron chi connectivity index (χ3n) is 7.60. The molecule has 0 fully saturated rings. The van der Waals surface area contributed by atoms with Crippen LogP contribution in [0.25, 0.3) is 0 Å². The highest BCUT2D eigenvalue weighted by molar-refractivity contribution is 5.97. The van der Waals surface area contributed by atoms with E-state index in [-0.39, 0.29) is 17.2 Å². The number of rotatable bonds is 12. The highest BCUT2D eigenvalue weighted by Gasteiger charge is 2.14. The van der Waals surface area contributed by atoms with Gasteiger partial charge in [0, 0.05) is 35.8 Å². The molecule has 8 nitrogen and oxygen atoms in total. The van der Waals surface area contributed by atoms with Crippen LogP contribution in [0.2, 0.25) is 0 Å². The fraction of sp³-hybridized carbons (Fsp3) is 0.0732. The zero-order chi connectivity index (χ0) is 36.0. The molecule has 0 aliphatic heterocycles. The van der Waals surface area contributed by atoms with Crippen LogP contribution < -0.4 is 21.3 Å². The van der Waals surface area contributed by atoms with Gasteiger partial charge in [-0.15, -0.1) is 0 Å². The van der Waals surface area contributed by atoms with Gasteiger partial charge in [-0.05, 0) is 96.1 Å². The van der Waals surface area contributed by atoms with Crippen molar-refractivity contribution < 1.29 is 28.2 Å². The molecule has 0 unspecified atom stereocenters. The minimum absolute atomic E-state index is 0.148. The molecule has 0 heterocycles. The summed E-state index contributed by atoms with van der Waals surface area (Å²) in [7, 11) is 1.34. The zero-order valence-corrected chi connectivity index (χ0v) is 27.7. The zero-order valence-electron chi connectivity index (χ0n) is 27.7. The molecular formula is C41H36F2N4O4. The van der Waals surface area contributed by atoms with Crippen LogP contribution in [0.15, 0.2) is 146 Å². The molecule has 0 aliphatic carbocycles. The average Bonchev–Trinajstić information content (AvgIpc) is 3.16. The smallest absolute Gasteiger partial charge is 0.339 e. The van der Waals surface area contributed by atoms with E-state index >= 15 is 0 Å². The third kappa shape index (κ3) is 10.7. The number of carbonyl (C=O) groups is 2. The maximum atomic E-state index is 13.1. The van der Waals surface area contributed by atoms with Crippen LogP contribution in [0, 0.1) is 11.6 Å². The topological polar surface area (TPSA) is 112 Å². The second-order valence-corrected chi connectivity index (χ2v) is 11.3. The van der Waals surface area contributed by atoms with Gasteiger partial charge in [-0.25, -0.2) is 18.4 Å². The van der Waals surface area contributed by atoms with E-state index in [1.165, 1.54) is 31.4 Å². The van der Waals surface area contributed by atoms with Gasteiger partial charge in [0.05, 0.1) is 29.6 Å². The van der Waals surface area contributed by atoms with Crippen LogP contribution in [0.4, 0.5) is 42.9 Å². The Bertz CT molecular complexity index is 2040. The first-order valence-electron chi connectivity index (χ1n) is 16.0. The number of anilines is 6. The molecule has 0 saturated carbocycles. The summed E-state index contributed by atoms with van der Waals surface area (Å²) in [5, 5.41) is 22.1. The Morgan fingerprint density at radius 3 is 1.35 bits per heavy atom. The summed E-state index contributed by atoms with van der Waals surface area (Å²) >= 11 is 0.